The Morgan fingerprint density at radius 2 is 1.97 bits per heavy atom. The second-order valence-electron chi connectivity index (χ2n) is 7.95. The summed E-state index contributed by atoms with van der Waals surface area (Å²) in [6, 6.07) is 18.5. The number of hydrogen-bond acceptors (Lipinski definition) is 5. The van der Waals surface area contributed by atoms with Crippen molar-refractivity contribution in [3.8, 4) is 23.6 Å². The number of likely N-dealkylation sites (tertiary alicyclic amines) is 1. The summed E-state index contributed by atoms with van der Waals surface area (Å²) in [5.41, 5.74) is 10.0. The summed E-state index contributed by atoms with van der Waals surface area (Å²) < 4.78 is 1.95. The molecule has 0 bridgehead atoms. The summed E-state index contributed by atoms with van der Waals surface area (Å²) in [6.07, 6.45) is 10.6. The molecular weight excluding hydrogens is 430 g/mol. The number of carbonyl (C=O) groups is 1. The molecule has 5 rings (SSSR count). The number of nitrogen functional groups attached to an aromatic ring is 1. The first-order chi connectivity index (χ1) is 16.2. The van der Waals surface area contributed by atoms with Crippen LogP contribution in [0.1, 0.15) is 30.3 Å². The number of carbonyl (C=O) groups excluding carboxylic acids is 1. The van der Waals surface area contributed by atoms with E-state index in [-0.39, 0.29) is 11.9 Å². The van der Waals surface area contributed by atoms with Crippen LogP contribution in [0, 0.1) is 12.3 Å². The molecule has 0 radical (unpaired) electrons. The Morgan fingerprint density at radius 3 is 2.73 bits per heavy atom. The fourth-order valence-electron chi connectivity index (χ4n) is 4.33. The Hall–Kier alpha value is -3.76. The summed E-state index contributed by atoms with van der Waals surface area (Å²) >= 11 is 1.79. The van der Waals surface area contributed by atoms with Crippen LogP contribution in [0.5, 0.6) is 0 Å². The normalized spacial score (nSPS) is 15.6. The molecule has 0 aliphatic carbocycles. The molecule has 0 spiro atoms. The number of imidazole rings is 1. The Balaban J connectivity index is 1.48. The number of nitrogens with zero attached hydrogens (tertiary/aromatic N) is 4. The number of nitrogens with two attached hydrogens (primary N) is 1. The van der Waals surface area contributed by atoms with Gasteiger partial charge in [0.2, 0.25) is 0 Å². The Labute approximate surface area is 196 Å². The average molecular weight is 454 g/mol. The topological polar surface area (TPSA) is 76.5 Å². The molecule has 0 unspecified atom stereocenters. The fraction of sp³-hybridized carbons (Fsp3) is 0.192. The number of rotatable bonds is 5. The van der Waals surface area contributed by atoms with Crippen molar-refractivity contribution in [1.29, 1.82) is 0 Å². The van der Waals surface area contributed by atoms with Crippen LogP contribution in [0.25, 0.3) is 16.8 Å². The van der Waals surface area contributed by atoms with Gasteiger partial charge in [-0.2, -0.15) is 0 Å². The lowest BCUT2D eigenvalue weighted by Crippen LogP contribution is -2.30. The van der Waals surface area contributed by atoms with E-state index in [1.807, 2.05) is 16.7 Å². The van der Waals surface area contributed by atoms with E-state index < -0.39 is 0 Å². The molecule has 33 heavy (non-hydrogen) atoms. The summed E-state index contributed by atoms with van der Waals surface area (Å²) in [6.45, 7) is 0.631. The van der Waals surface area contributed by atoms with Crippen molar-refractivity contribution in [2.45, 2.75) is 29.5 Å². The molecule has 1 atom stereocenters. The van der Waals surface area contributed by atoms with Gasteiger partial charge in [0.05, 0.1) is 6.04 Å². The van der Waals surface area contributed by atoms with Gasteiger partial charge in [-0.3, -0.25) is 9.20 Å². The lowest BCUT2D eigenvalue weighted by molar-refractivity contribution is -0.126. The first kappa shape index (κ1) is 21.1. The number of thioether (sulfide) groups is 1. The average Bonchev–Trinajstić information content (AvgIpc) is 3.49. The minimum atomic E-state index is -0.308. The van der Waals surface area contributed by atoms with Crippen LogP contribution in [0.2, 0.25) is 0 Å². The SMILES string of the molecule is C#CC(=O)N1CCC[C@H]1c1nc(-c2ccc(SCc3ccccc3)cc2)c2c(N)nccn12. The number of hydrogen-bond donors (Lipinski definition) is 1. The van der Waals surface area contributed by atoms with E-state index >= 15 is 0 Å². The third kappa shape index (κ3) is 4.06. The highest BCUT2D eigenvalue weighted by Gasteiger charge is 2.33. The van der Waals surface area contributed by atoms with Gasteiger partial charge >= 0.3 is 0 Å². The van der Waals surface area contributed by atoms with E-state index in [1.54, 1.807) is 22.9 Å². The predicted octanol–water partition coefficient (Wildman–Crippen LogP) is 4.57. The Kier molecular flexibility index (Phi) is 5.76. The lowest BCUT2D eigenvalue weighted by atomic mass is 10.1. The van der Waals surface area contributed by atoms with Crippen LogP contribution in [-0.2, 0) is 10.5 Å². The molecule has 164 valence electrons. The van der Waals surface area contributed by atoms with E-state index in [4.69, 9.17) is 17.1 Å². The van der Waals surface area contributed by atoms with Crippen LogP contribution in [0.15, 0.2) is 71.9 Å². The van der Waals surface area contributed by atoms with E-state index in [0.29, 0.717) is 12.4 Å². The molecule has 0 saturated carbocycles. The van der Waals surface area contributed by atoms with Gasteiger partial charge in [-0.05, 0) is 36.5 Å². The Bertz CT molecular complexity index is 1340. The second-order valence-corrected chi connectivity index (χ2v) is 9.00. The van der Waals surface area contributed by atoms with E-state index in [1.165, 1.54) is 10.5 Å². The largest absolute Gasteiger partial charge is 0.382 e. The first-order valence-corrected chi connectivity index (χ1v) is 11.8. The minimum absolute atomic E-state index is 0.183. The first-order valence-electron chi connectivity index (χ1n) is 10.8. The number of fused-ring (bicyclic) bond motifs is 1. The van der Waals surface area contributed by atoms with Crippen molar-refractivity contribution in [3.63, 3.8) is 0 Å². The molecule has 2 N–H and O–H groups in total. The predicted molar refractivity (Wildman–Crippen MR) is 131 cm³/mol. The zero-order valence-electron chi connectivity index (χ0n) is 18.0. The third-order valence-electron chi connectivity index (χ3n) is 5.92. The lowest BCUT2D eigenvalue weighted by Gasteiger charge is -2.21. The van der Waals surface area contributed by atoms with Gasteiger partial charge in [0.15, 0.2) is 0 Å². The van der Waals surface area contributed by atoms with Gasteiger partial charge in [-0.25, -0.2) is 9.97 Å². The highest BCUT2D eigenvalue weighted by molar-refractivity contribution is 7.98. The molecule has 1 saturated heterocycles. The maximum absolute atomic E-state index is 12.3. The number of aromatic nitrogens is 3. The van der Waals surface area contributed by atoms with Gasteiger partial charge in [0.1, 0.15) is 22.9 Å². The molecule has 1 amide bonds. The third-order valence-corrected chi connectivity index (χ3v) is 7.00. The smallest absolute Gasteiger partial charge is 0.298 e. The summed E-state index contributed by atoms with van der Waals surface area (Å²) in [5.74, 6) is 4.02. The maximum atomic E-state index is 12.3. The van der Waals surface area contributed by atoms with Gasteiger partial charge < -0.3 is 10.6 Å². The number of amides is 1. The van der Waals surface area contributed by atoms with Crippen LogP contribution in [0.3, 0.4) is 0 Å². The highest BCUT2D eigenvalue weighted by Crippen LogP contribution is 2.36. The molecule has 4 aromatic rings. The number of anilines is 1. The summed E-state index contributed by atoms with van der Waals surface area (Å²) in [4.78, 5) is 24.4. The molecule has 2 aromatic carbocycles. The van der Waals surface area contributed by atoms with Crippen molar-refractivity contribution in [1.82, 2.24) is 19.3 Å². The van der Waals surface area contributed by atoms with Gasteiger partial charge in [0, 0.05) is 35.2 Å². The summed E-state index contributed by atoms with van der Waals surface area (Å²) in [5, 5.41) is 0. The molecule has 3 heterocycles. The van der Waals surface area contributed by atoms with Crippen molar-refractivity contribution in [2.24, 2.45) is 0 Å². The van der Waals surface area contributed by atoms with Gasteiger partial charge in [-0.1, -0.05) is 42.5 Å². The van der Waals surface area contributed by atoms with Crippen LogP contribution in [0.4, 0.5) is 5.82 Å². The molecule has 1 fully saturated rings. The van der Waals surface area contributed by atoms with E-state index in [2.05, 4.69) is 59.4 Å². The van der Waals surface area contributed by atoms with Gasteiger partial charge in [0.25, 0.3) is 5.91 Å². The van der Waals surface area contributed by atoms with Crippen molar-refractivity contribution in [3.05, 3.63) is 78.4 Å². The number of terminal acetylenes is 1. The molecular formula is C26H23N5OS. The second kappa shape index (κ2) is 9.00. The van der Waals surface area contributed by atoms with Crippen molar-refractivity contribution < 1.29 is 4.79 Å². The molecule has 1 aliphatic heterocycles. The maximum Gasteiger partial charge on any atom is 0.298 e. The molecule has 1 aliphatic rings. The minimum Gasteiger partial charge on any atom is -0.382 e. The zero-order valence-corrected chi connectivity index (χ0v) is 18.8. The monoisotopic (exact) mass is 453 g/mol. The molecule has 6 nitrogen and oxygen atoms in total. The van der Waals surface area contributed by atoms with Crippen LogP contribution in [-0.4, -0.2) is 31.7 Å². The quantitative estimate of drug-likeness (QED) is 0.354. The summed E-state index contributed by atoms with van der Waals surface area (Å²) in [7, 11) is 0. The Morgan fingerprint density at radius 1 is 1.18 bits per heavy atom. The molecule has 7 heteroatoms. The fourth-order valence-corrected chi connectivity index (χ4v) is 5.19. The van der Waals surface area contributed by atoms with Gasteiger partial charge in [-0.15, -0.1) is 18.2 Å². The zero-order chi connectivity index (χ0) is 22.8. The highest BCUT2D eigenvalue weighted by atomic mass is 32.2. The van der Waals surface area contributed by atoms with E-state index in [9.17, 15) is 4.79 Å². The van der Waals surface area contributed by atoms with E-state index in [0.717, 1.165) is 41.2 Å². The molecule has 2 aromatic heterocycles. The standard InChI is InChI=1S/C26H23N5OS/c1-2-22(32)30-15-6-9-21(30)26-29-23(24-25(27)28-14-16-31(24)26)19-10-12-20(13-11-19)33-17-18-7-4-3-5-8-18/h1,3-5,7-8,10-14,16,21H,6,9,15,17H2,(H2,27,28)/t21-/m0/s1. The van der Waals surface area contributed by atoms with Crippen molar-refractivity contribution in [2.75, 3.05) is 12.3 Å². The van der Waals surface area contributed by atoms with Crippen LogP contribution >= 0.6 is 11.8 Å². The number of benzene rings is 2. The van der Waals surface area contributed by atoms with Crippen LogP contribution < -0.4 is 5.73 Å². The van der Waals surface area contributed by atoms with Crippen molar-refractivity contribution >= 4 is 29.0 Å².